The summed E-state index contributed by atoms with van der Waals surface area (Å²) in [4.78, 5) is 35.4. The van der Waals surface area contributed by atoms with Crippen molar-refractivity contribution >= 4 is 40.0 Å². The first-order valence-electron chi connectivity index (χ1n) is 11.5. The van der Waals surface area contributed by atoms with Gasteiger partial charge in [0, 0.05) is 43.3 Å². The number of hydrogen-bond donors (Lipinski definition) is 2. The maximum absolute atomic E-state index is 12.3. The van der Waals surface area contributed by atoms with Crippen molar-refractivity contribution in [1.82, 2.24) is 9.88 Å². The number of aromatic nitrogens is 1. The standard InChI is InChI=1S/C28H28N4O4/c1-5-36-27(34)19-11-16-22-23(17-19)30-26(33)24(22)25(18-9-7-6-8-10-18)29-20-12-14-21(15-13-20)32(4)28(35)31(2)3/h6-17,30,33H,5H2,1-4H3. The molecule has 4 rings (SSSR count). The van der Waals surface area contributed by atoms with E-state index in [4.69, 9.17) is 9.73 Å². The molecule has 0 saturated heterocycles. The summed E-state index contributed by atoms with van der Waals surface area (Å²) in [6.07, 6.45) is 0. The molecule has 2 amide bonds. The topological polar surface area (TPSA) is 98.2 Å². The molecule has 184 valence electrons. The summed E-state index contributed by atoms with van der Waals surface area (Å²) in [5.41, 5.74) is 4.27. The quantitative estimate of drug-likeness (QED) is 0.285. The Morgan fingerprint density at radius 1 is 0.944 bits per heavy atom. The number of aromatic hydroxyl groups is 1. The van der Waals surface area contributed by atoms with Gasteiger partial charge in [-0.05, 0) is 43.3 Å². The van der Waals surface area contributed by atoms with Crippen LogP contribution in [0, 0.1) is 0 Å². The molecule has 0 saturated carbocycles. The fourth-order valence-corrected chi connectivity index (χ4v) is 3.92. The molecule has 0 aliphatic heterocycles. The second-order valence-electron chi connectivity index (χ2n) is 8.41. The van der Waals surface area contributed by atoms with Crippen LogP contribution in [0.25, 0.3) is 10.9 Å². The molecule has 0 radical (unpaired) electrons. The van der Waals surface area contributed by atoms with Gasteiger partial charge in [0.15, 0.2) is 5.88 Å². The van der Waals surface area contributed by atoms with E-state index in [1.54, 1.807) is 51.2 Å². The highest BCUT2D eigenvalue weighted by molar-refractivity contribution is 6.22. The summed E-state index contributed by atoms with van der Waals surface area (Å²) >= 11 is 0. The lowest BCUT2D eigenvalue weighted by molar-refractivity contribution is 0.0526. The number of urea groups is 1. The molecule has 0 unspecified atom stereocenters. The Bertz CT molecular complexity index is 1420. The average molecular weight is 485 g/mol. The highest BCUT2D eigenvalue weighted by Gasteiger charge is 2.20. The van der Waals surface area contributed by atoms with E-state index in [9.17, 15) is 14.7 Å². The summed E-state index contributed by atoms with van der Waals surface area (Å²) < 4.78 is 5.10. The number of hydrogen-bond acceptors (Lipinski definition) is 5. The molecular formula is C28H28N4O4. The van der Waals surface area contributed by atoms with Gasteiger partial charge in [0.25, 0.3) is 0 Å². The molecule has 4 aromatic rings. The van der Waals surface area contributed by atoms with Gasteiger partial charge in [-0.25, -0.2) is 14.6 Å². The van der Waals surface area contributed by atoms with Crippen LogP contribution in [0.2, 0.25) is 0 Å². The molecular weight excluding hydrogens is 456 g/mol. The van der Waals surface area contributed by atoms with Crippen molar-refractivity contribution in [3.63, 3.8) is 0 Å². The fraction of sp³-hybridized carbons (Fsp3) is 0.179. The molecule has 3 aromatic carbocycles. The maximum Gasteiger partial charge on any atom is 0.338 e. The number of anilines is 1. The molecule has 8 heteroatoms. The summed E-state index contributed by atoms with van der Waals surface area (Å²) in [5, 5.41) is 11.6. The molecule has 1 aromatic heterocycles. The Hall–Kier alpha value is -4.59. The minimum absolute atomic E-state index is 0.0541. The minimum atomic E-state index is -0.426. The molecule has 0 bridgehead atoms. The van der Waals surface area contributed by atoms with Gasteiger partial charge in [-0.3, -0.25) is 4.90 Å². The van der Waals surface area contributed by atoms with E-state index in [-0.39, 0.29) is 18.5 Å². The van der Waals surface area contributed by atoms with E-state index in [1.165, 1.54) is 4.90 Å². The number of rotatable bonds is 6. The number of fused-ring (bicyclic) bond motifs is 1. The lowest BCUT2D eigenvalue weighted by atomic mass is 10.00. The molecule has 8 nitrogen and oxygen atoms in total. The number of aromatic amines is 1. The molecule has 0 aliphatic carbocycles. The fourth-order valence-electron chi connectivity index (χ4n) is 3.92. The number of nitrogens with one attached hydrogen (secondary N) is 1. The maximum atomic E-state index is 12.3. The molecule has 0 aliphatic rings. The summed E-state index contributed by atoms with van der Waals surface area (Å²) in [5.74, 6) is -0.480. The molecule has 0 atom stereocenters. The number of benzene rings is 3. The number of nitrogens with zero attached hydrogens (tertiary/aromatic N) is 3. The van der Waals surface area contributed by atoms with E-state index in [0.29, 0.717) is 28.0 Å². The Labute approximate surface area is 209 Å². The van der Waals surface area contributed by atoms with E-state index in [2.05, 4.69) is 4.98 Å². The summed E-state index contributed by atoms with van der Waals surface area (Å²) in [6, 6.07) is 21.8. The second-order valence-corrected chi connectivity index (χ2v) is 8.41. The van der Waals surface area contributed by atoms with Crippen LogP contribution in [0.1, 0.15) is 28.4 Å². The zero-order valence-electron chi connectivity index (χ0n) is 20.6. The second kappa shape index (κ2) is 10.4. The highest BCUT2D eigenvalue weighted by Crippen LogP contribution is 2.32. The summed E-state index contributed by atoms with van der Waals surface area (Å²) in [6.45, 7) is 2.03. The first kappa shape index (κ1) is 24.5. The summed E-state index contributed by atoms with van der Waals surface area (Å²) in [7, 11) is 5.12. The third-order valence-corrected chi connectivity index (χ3v) is 5.72. The zero-order valence-corrected chi connectivity index (χ0v) is 20.6. The van der Waals surface area contributed by atoms with Gasteiger partial charge in [-0.15, -0.1) is 0 Å². The van der Waals surface area contributed by atoms with E-state index < -0.39 is 5.97 Å². The Morgan fingerprint density at radius 2 is 1.64 bits per heavy atom. The number of H-pyrrole nitrogens is 1. The lowest BCUT2D eigenvalue weighted by Gasteiger charge is -2.21. The first-order valence-corrected chi connectivity index (χ1v) is 11.5. The van der Waals surface area contributed by atoms with Crippen LogP contribution in [-0.4, -0.2) is 60.5 Å². The predicted octanol–water partition coefficient (Wildman–Crippen LogP) is 5.34. The van der Waals surface area contributed by atoms with E-state index in [0.717, 1.165) is 16.6 Å². The largest absolute Gasteiger partial charge is 0.494 e. The SMILES string of the molecule is CCOC(=O)c1ccc2c(C(=Nc3ccc(N(C)C(=O)N(C)C)cc3)c3ccccc3)c(O)[nH]c2c1. The van der Waals surface area contributed by atoms with E-state index in [1.807, 2.05) is 54.6 Å². The monoisotopic (exact) mass is 484 g/mol. The molecule has 2 N–H and O–H groups in total. The molecule has 0 spiro atoms. The lowest BCUT2D eigenvalue weighted by Crippen LogP contribution is -2.36. The first-order chi connectivity index (χ1) is 17.3. The van der Waals surface area contributed by atoms with Crippen molar-refractivity contribution in [2.75, 3.05) is 32.6 Å². The van der Waals surface area contributed by atoms with Crippen molar-refractivity contribution in [2.45, 2.75) is 6.92 Å². The van der Waals surface area contributed by atoms with Gasteiger partial charge < -0.3 is 19.7 Å². The van der Waals surface area contributed by atoms with Gasteiger partial charge in [0.2, 0.25) is 0 Å². The van der Waals surface area contributed by atoms with Gasteiger partial charge in [-0.2, -0.15) is 0 Å². The van der Waals surface area contributed by atoms with Crippen LogP contribution < -0.4 is 4.90 Å². The number of carbonyl (C=O) groups excluding carboxylic acids is 2. The Balaban J connectivity index is 1.80. The predicted molar refractivity (Wildman–Crippen MR) is 142 cm³/mol. The molecule has 1 heterocycles. The van der Waals surface area contributed by atoms with Crippen molar-refractivity contribution in [1.29, 1.82) is 0 Å². The normalized spacial score (nSPS) is 11.4. The van der Waals surface area contributed by atoms with Crippen molar-refractivity contribution in [3.8, 4) is 5.88 Å². The van der Waals surface area contributed by atoms with E-state index >= 15 is 0 Å². The van der Waals surface area contributed by atoms with Gasteiger partial charge >= 0.3 is 12.0 Å². The van der Waals surface area contributed by atoms with Gasteiger partial charge in [0.1, 0.15) is 0 Å². The number of carbonyl (C=O) groups is 2. The molecule has 36 heavy (non-hydrogen) atoms. The van der Waals surface area contributed by atoms with Crippen LogP contribution in [0.4, 0.5) is 16.2 Å². The average Bonchev–Trinajstić information content (AvgIpc) is 3.22. The van der Waals surface area contributed by atoms with Crippen molar-refractivity contribution in [2.24, 2.45) is 4.99 Å². The minimum Gasteiger partial charge on any atom is -0.494 e. The number of esters is 1. The highest BCUT2D eigenvalue weighted by atomic mass is 16.5. The van der Waals surface area contributed by atoms with Crippen molar-refractivity contribution in [3.05, 3.63) is 89.5 Å². The molecule has 0 fully saturated rings. The zero-order chi connectivity index (χ0) is 25.8. The Kier molecular flexibility index (Phi) is 7.05. The smallest absolute Gasteiger partial charge is 0.338 e. The number of aliphatic imine (C=N–C) groups is 1. The number of ether oxygens (including phenoxy) is 1. The third kappa shape index (κ3) is 4.93. The third-order valence-electron chi connectivity index (χ3n) is 5.72. The van der Waals surface area contributed by atoms with Gasteiger partial charge in [0.05, 0.1) is 29.1 Å². The van der Waals surface area contributed by atoms with Gasteiger partial charge in [-0.1, -0.05) is 36.4 Å². The van der Waals surface area contributed by atoms with Crippen LogP contribution in [-0.2, 0) is 4.74 Å². The van der Waals surface area contributed by atoms with Crippen LogP contribution in [0.5, 0.6) is 5.88 Å². The number of amides is 2. The van der Waals surface area contributed by atoms with Crippen LogP contribution in [0.3, 0.4) is 0 Å². The van der Waals surface area contributed by atoms with Crippen LogP contribution in [0.15, 0.2) is 77.8 Å². The van der Waals surface area contributed by atoms with Crippen LogP contribution >= 0.6 is 0 Å². The van der Waals surface area contributed by atoms with Crippen molar-refractivity contribution < 1.29 is 19.4 Å². The Morgan fingerprint density at radius 3 is 2.28 bits per heavy atom.